The number of rotatable bonds is 10. The molecule has 1 saturated heterocycles. The second-order valence-corrected chi connectivity index (χ2v) is 24.1. The van der Waals surface area contributed by atoms with Crippen LogP contribution in [0.2, 0.25) is 43.8 Å². The Labute approximate surface area is 238 Å². The molecule has 1 aromatic heterocycles. The first-order valence-electron chi connectivity index (χ1n) is 14.6. The molecular formula is C32H49N3O2Si2. The molecule has 2 aromatic carbocycles. The standard InChI is InChI=1S/C32H49N3O2Si2/c1-32(2,3)39(7,8)37-28-18-20-34(21-19-28)27-15-17-31-29(24-27)30(16-14-26-12-10-9-11-13-26)33-35(31)25-36-22-23-38(4,5)6/h9-17,24,28H,18-23,25H2,1-8H3. The fraction of sp³-hybridized carbons (Fsp3) is 0.531. The van der Waals surface area contributed by atoms with E-state index in [9.17, 15) is 0 Å². The van der Waals surface area contributed by atoms with Crippen molar-refractivity contribution in [3.63, 3.8) is 0 Å². The first-order chi connectivity index (χ1) is 18.3. The Morgan fingerprint density at radius 1 is 0.949 bits per heavy atom. The molecule has 5 nitrogen and oxygen atoms in total. The smallest absolute Gasteiger partial charge is 0.192 e. The van der Waals surface area contributed by atoms with Crippen molar-refractivity contribution in [3.8, 4) is 0 Å². The number of benzene rings is 2. The Bertz CT molecular complexity index is 1250. The Hall–Kier alpha value is -2.20. The molecule has 0 atom stereocenters. The van der Waals surface area contributed by atoms with E-state index in [1.54, 1.807) is 0 Å². The molecule has 2 heterocycles. The van der Waals surface area contributed by atoms with Gasteiger partial charge in [0.25, 0.3) is 0 Å². The van der Waals surface area contributed by atoms with Crippen molar-refractivity contribution in [2.45, 2.75) is 90.3 Å². The number of aromatic nitrogens is 2. The van der Waals surface area contributed by atoms with E-state index >= 15 is 0 Å². The van der Waals surface area contributed by atoms with E-state index in [0.29, 0.717) is 12.8 Å². The van der Waals surface area contributed by atoms with Crippen LogP contribution in [0.3, 0.4) is 0 Å². The van der Waals surface area contributed by atoms with Crippen LogP contribution in [-0.4, -0.2) is 52.0 Å². The summed E-state index contributed by atoms with van der Waals surface area (Å²) in [6.07, 6.45) is 6.81. The zero-order valence-electron chi connectivity index (χ0n) is 25.5. The molecule has 0 radical (unpaired) electrons. The molecule has 39 heavy (non-hydrogen) atoms. The van der Waals surface area contributed by atoms with Crippen molar-refractivity contribution in [2.75, 3.05) is 24.6 Å². The quantitative estimate of drug-likeness (QED) is 0.183. The first kappa shape index (κ1) is 29.8. The van der Waals surface area contributed by atoms with Gasteiger partial charge in [-0.3, -0.25) is 0 Å². The minimum Gasteiger partial charge on any atom is -0.414 e. The Morgan fingerprint density at radius 3 is 2.28 bits per heavy atom. The minimum absolute atomic E-state index is 0.247. The van der Waals surface area contributed by atoms with Crippen molar-refractivity contribution < 1.29 is 9.16 Å². The van der Waals surface area contributed by atoms with Gasteiger partial charge in [0, 0.05) is 44.9 Å². The average Bonchev–Trinajstić information content (AvgIpc) is 3.22. The lowest BCUT2D eigenvalue weighted by Gasteiger charge is -2.42. The summed E-state index contributed by atoms with van der Waals surface area (Å²) < 4.78 is 14.9. The van der Waals surface area contributed by atoms with Gasteiger partial charge in [0.2, 0.25) is 0 Å². The molecule has 0 aliphatic carbocycles. The third-order valence-corrected chi connectivity index (χ3v) is 14.5. The van der Waals surface area contributed by atoms with Crippen LogP contribution in [0.5, 0.6) is 0 Å². The van der Waals surface area contributed by atoms with Crippen LogP contribution in [0.15, 0.2) is 48.5 Å². The summed E-state index contributed by atoms with van der Waals surface area (Å²) in [4.78, 5) is 2.51. The molecule has 0 amide bonds. The lowest BCUT2D eigenvalue weighted by atomic mass is 10.1. The molecule has 0 saturated carbocycles. The fourth-order valence-electron chi connectivity index (χ4n) is 4.70. The van der Waals surface area contributed by atoms with Crippen LogP contribution in [0.4, 0.5) is 5.69 Å². The zero-order valence-corrected chi connectivity index (χ0v) is 27.5. The number of hydrogen-bond acceptors (Lipinski definition) is 4. The molecule has 1 fully saturated rings. The largest absolute Gasteiger partial charge is 0.414 e. The van der Waals surface area contributed by atoms with Crippen LogP contribution in [0.25, 0.3) is 23.1 Å². The summed E-state index contributed by atoms with van der Waals surface area (Å²) in [5.74, 6) is 0. The molecule has 1 aliphatic heterocycles. The summed E-state index contributed by atoms with van der Waals surface area (Å²) in [7, 11) is -2.87. The van der Waals surface area contributed by atoms with E-state index in [4.69, 9.17) is 14.3 Å². The predicted octanol–water partition coefficient (Wildman–Crippen LogP) is 8.51. The Kier molecular flexibility index (Phi) is 9.26. The van der Waals surface area contributed by atoms with Gasteiger partial charge in [-0.25, -0.2) is 4.68 Å². The summed E-state index contributed by atoms with van der Waals surface area (Å²) in [6, 6.07) is 18.4. The van der Waals surface area contributed by atoms with Gasteiger partial charge in [-0.1, -0.05) is 76.8 Å². The van der Waals surface area contributed by atoms with Crippen LogP contribution in [0, 0.1) is 0 Å². The van der Waals surface area contributed by atoms with E-state index < -0.39 is 16.4 Å². The predicted molar refractivity (Wildman–Crippen MR) is 173 cm³/mol. The molecular weight excluding hydrogens is 515 g/mol. The highest BCUT2D eigenvalue weighted by Crippen LogP contribution is 2.39. The van der Waals surface area contributed by atoms with E-state index in [-0.39, 0.29) is 5.04 Å². The van der Waals surface area contributed by atoms with Gasteiger partial charge in [-0.2, -0.15) is 5.10 Å². The summed E-state index contributed by atoms with van der Waals surface area (Å²) in [5, 5.41) is 6.40. The van der Waals surface area contributed by atoms with E-state index in [1.165, 1.54) is 16.6 Å². The Balaban J connectivity index is 1.52. The van der Waals surface area contributed by atoms with Crippen molar-refractivity contribution in [3.05, 3.63) is 59.8 Å². The van der Waals surface area contributed by atoms with Gasteiger partial charge in [0.15, 0.2) is 8.32 Å². The third kappa shape index (κ3) is 7.94. The molecule has 4 rings (SSSR count). The van der Waals surface area contributed by atoms with Crippen molar-refractivity contribution in [1.82, 2.24) is 9.78 Å². The van der Waals surface area contributed by atoms with Crippen molar-refractivity contribution >= 4 is 45.1 Å². The number of nitrogens with zero attached hydrogens (tertiary/aromatic N) is 3. The van der Waals surface area contributed by atoms with Gasteiger partial charge in [-0.05, 0) is 66.9 Å². The molecule has 3 aromatic rings. The Morgan fingerprint density at radius 2 is 1.64 bits per heavy atom. The van der Waals surface area contributed by atoms with Crippen molar-refractivity contribution in [1.29, 1.82) is 0 Å². The van der Waals surface area contributed by atoms with Gasteiger partial charge in [-0.15, -0.1) is 0 Å². The summed E-state index contributed by atoms with van der Waals surface area (Å²) in [5.41, 5.74) is 4.55. The molecule has 0 spiro atoms. The van der Waals surface area contributed by atoms with Crippen LogP contribution in [-0.2, 0) is 15.9 Å². The maximum atomic E-state index is 6.74. The fourth-order valence-corrected chi connectivity index (χ4v) is 6.88. The maximum Gasteiger partial charge on any atom is 0.192 e. The number of piperidine rings is 1. The van der Waals surface area contributed by atoms with Gasteiger partial charge < -0.3 is 14.1 Å². The lowest BCUT2D eigenvalue weighted by molar-refractivity contribution is 0.0816. The normalized spacial score (nSPS) is 16.1. The molecule has 0 unspecified atom stereocenters. The second-order valence-electron chi connectivity index (χ2n) is 13.7. The average molecular weight is 564 g/mol. The molecule has 0 bridgehead atoms. The van der Waals surface area contributed by atoms with Gasteiger partial charge in [0.05, 0.1) is 11.2 Å². The highest BCUT2D eigenvalue weighted by atomic mass is 28.4. The number of anilines is 1. The molecule has 212 valence electrons. The second kappa shape index (κ2) is 12.1. The van der Waals surface area contributed by atoms with Crippen LogP contribution < -0.4 is 4.90 Å². The van der Waals surface area contributed by atoms with E-state index in [2.05, 4.69) is 113 Å². The lowest BCUT2D eigenvalue weighted by Crippen LogP contribution is -2.47. The number of ether oxygens (including phenoxy) is 1. The zero-order chi connectivity index (χ0) is 28.3. The monoisotopic (exact) mass is 563 g/mol. The first-order valence-corrected chi connectivity index (χ1v) is 21.2. The highest BCUT2D eigenvalue weighted by Gasteiger charge is 2.39. The van der Waals surface area contributed by atoms with E-state index in [1.807, 2.05) is 10.7 Å². The summed E-state index contributed by atoms with van der Waals surface area (Å²) >= 11 is 0. The van der Waals surface area contributed by atoms with Crippen LogP contribution >= 0.6 is 0 Å². The van der Waals surface area contributed by atoms with Gasteiger partial charge >= 0.3 is 0 Å². The van der Waals surface area contributed by atoms with Crippen LogP contribution in [0.1, 0.15) is 44.9 Å². The molecule has 1 aliphatic rings. The maximum absolute atomic E-state index is 6.74. The highest BCUT2D eigenvalue weighted by molar-refractivity contribution is 6.76. The number of fused-ring (bicyclic) bond motifs is 1. The van der Waals surface area contributed by atoms with Gasteiger partial charge in [0.1, 0.15) is 6.73 Å². The molecule has 0 N–H and O–H groups in total. The SMILES string of the molecule is CC(C)(C)[Si](C)(C)OC1CCN(c2ccc3c(c2)c(C=Cc2ccccc2)nn3COCC[Si](C)(C)C)CC1. The summed E-state index contributed by atoms with van der Waals surface area (Å²) in [6.45, 7) is 22.2. The topological polar surface area (TPSA) is 39.5 Å². The minimum atomic E-state index is -1.74. The number of hydrogen-bond donors (Lipinski definition) is 0. The molecule has 7 heteroatoms. The third-order valence-electron chi connectivity index (χ3n) is 8.28. The van der Waals surface area contributed by atoms with Crippen molar-refractivity contribution in [2.24, 2.45) is 0 Å². The van der Waals surface area contributed by atoms with E-state index in [0.717, 1.165) is 49.8 Å².